The Kier molecular flexibility index (Phi) is 8.90. The van der Waals surface area contributed by atoms with E-state index in [0.29, 0.717) is 13.0 Å². The highest BCUT2D eigenvalue weighted by atomic mass is 16.5. The molecule has 1 aromatic carbocycles. The first-order valence-electron chi connectivity index (χ1n) is 12.0. The van der Waals surface area contributed by atoms with Gasteiger partial charge in [-0.2, -0.15) is 0 Å². The summed E-state index contributed by atoms with van der Waals surface area (Å²) in [7, 11) is 1.59. The SMILES string of the molecule is CCCCN1Cc2ccccc2N(C(=O)CC)CCC2CCCC(C1)N2C(=O)COC. The molecule has 6 heteroatoms. The Balaban J connectivity index is 2.00. The number of nitrogens with zero attached hydrogens (tertiary/aromatic N) is 3. The van der Waals surface area contributed by atoms with Crippen molar-refractivity contribution in [2.75, 3.05) is 38.3 Å². The van der Waals surface area contributed by atoms with Crippen molar-refractivity contribution < 1.29 is 14.3 Å². The predicted molar refractivity (Wildman–Crippen MR) is 124 cm³/mol. The van der Waals surface area contributed by atoms with Gasteiger partial charge in [0.1, 0.15) is 6.61 Å². The second-order valence-corrected chi connectivity index (χ2v) is 8.88. The summed E-state index contributed by atoms with van der Waals surface area (Å²) >= 11 is 0. The summed E-state index contributed by atoms with van der Waals surface area (Å²) in [5.74, 6) is 0.228. The summed E-state index contributed by atoms with van der Waals surface area (Å²) in [5, 5.41) is 0. The Morgan fingerprint density at radius 1 is 1.06 bits per heavy atom. The number of benzene rings is 1. The maximum absolute atomic E-state index is 13.1. The summed E-state index contributed by atoms with van der Waals surface area (Å²) in [4.78, 5) is 32.6. The van der Waals surface area contributed by atoms with Crippen LogP contribution in [0.25, 0.3) is 0 Å². The van der Waals surface area contributed by atoms with Crippen LogP contribution in [0.1, 0.15) is 64.4 Å². The highest BCUT2D eigenvalue weighted by Gasteiger charge is 2.36. The zero-order chi connectivity index (χ0) is 22.2. The molecule has 31 heavy (non-hydrogen) atoms. The van der Waals surface area contributed by atoms with Gasteiger partial charge in [0, 0.05) is 50.9 Å². The van der Waals surface area contributed by atoms with E-state index < -0.39 is 0 Å². The van der Waals surface area contributed by atoms with E-state index >= 15 is 0 Å². The van der Waals surface area contributed by atoms with Gasteiger partial charge >= 0.3 is 0 Å². The minimum Gasteiger partial charge on any atom is -0.375 e. The molecule has 2 bridgehead atoms. The molecular formula is C25H39N3O3. The topological polar surface area (TPSA) is 53.1 Å². The fourth-order valence-electron chi connectivity index (χ4n) is 5.15. The number of hydrogen-bond acceptors (Lipinski definition) is 4. The number of methoxy groups -OCH3 is 1. The number of unbranched alkanes of at least 4 members (excludes halogenated alkanes) is 1. The minimum absolute atomic E-state index is 0.0813. The predicted octanol–water partition coefficient (Wildman–Crippen LogP) is 3.83. The quantitative estimate of drug-likeness (QED) is 0.690. The molecule has 0 spiro atoms. The summed E-state index contributed by atoms with van der Waals surface area (Å²) in [6, 6.07) is 8.70. The fraction of sp³-hybridized carbons (Fsp3) is 0.680. The van der Waals surface area contributed by atoms with Crippen molar-refractivity contribution in [2.45, 2.75) is 77.4 Å². The molecule has 2 amide bonds. The Hall–Kier alpha value is -1.92. The molecule has 2 atom stereocenters. The first kappa shape index (κ1) is 23.7. The number of fused-ring (bicyclic) bond motifs is 3. The molecule has 172 valence electrons. The zero-order valence-corrected chi connectivity index (χ0v) is 19.5. The van der Waals surface area contributed by atoms with Gasteiger partial charge in [-0.15, -0.1) is 0 Å². The Morgan fingerprint density at radius 3 is 2.58 bits per heavy atom. The summed E-state index contributed by atoms with van der Waals surface area (Å²) in [5.41, 5.74) is 2.23. The van der Waals surface area contributed by atoms with Crippen LogP contribution in [0.15, 0.2) is 24.3 Å². The van der Waals surface area contributed by atoms with Crippen LogP contribution < -0.4 is 4.90 Å². The first-order valence-corrected chi connectivity index (χ1v) is 12.0. The van der Waals surface area contributed by atoms with Gasteiger partial charge in [0.25, 0.3) is 0 Å². The molecule has 6 nitrogen and oxygen atoms in total. The van der Waals surface area contributed by atoms with E-state index in [-0.39, 0.29) is 30.5 Å². The van der Waals surface area contributed by atoms with Crippen molar-refractivity contribution in [3.63, 3.8) is 0 Å². The van der Waals surface area contributed by atoms with Crippen molar-refractivity contribution in [3.05, 3.63) is 29.8 Å². The van der Waals surface area contributed by atoms with Crippen LogP contribution in [-0.2, 0) is 20.9 Å². The van der Waals surface area contributed by atoms with Crippen LogP contribution in [0.4, 0.5) is 5.69 Å². The van der Waals surface area contributed by atoms with Crippen molar-refractivity contribution in [3.8, 4) is 0 Å². The van der Waals surface area contributed by atoms with E-state index in [9.17, 15) is 9.59 Å². The normalized spacial score (nSPS) is 22.5. The maximum Gasteiger partial charge on any atom is 0.249 e. The van der Waals surface area contributed by atoms with Gasteiger partial charge in [0.05, 0.1) is 0 Å². The first-order chi connectivity index (χ1) is 15.1. The number of amides is 2. The molecule has 2 heterocycles. The molecule has 1 saturated heterocycles. The molecule has 0 aliphatic carbocycles. The van der Waals surface area contributed by atoms with Crippen molar-refractivity contribution in [1.29, 1.82) is 0 Å². The zero-order valence-electron chi connectivity index (χ0n) is 19.5. The van der Waals surface area contributed by atoms with E-state index in [1.807, 2.05) is 17.9 Å². The van der Waals surface area contributed by atoms with Crippen LogP contribution in [0.2, 0.25) is 0 Å². The van der Waals surface area contributed by atoms with E-state index in [0.717, 1.165) is 63.8 Å². The van der Waals surface area contributed by atoms with E-state index in [2.05, 4.69) is 34.9 Å². The van der Waals surface area contributed by atoms with Gasteiger partial charge in [0.2, 0.25) is 11.8 Å². The Bertz CT molecular complexity index is 738. The molecule has 1 fully saturated rings. The highest BCUT2D eigenvalue weighted by Crippen LogP contribution is 2.31. The lowest BCUT2D eigenvalue weighted by Gasteiger charge is -2.44. The molecule has 2 aliphatic rings. The molecule has 2 unspecified atom stereocenters. The second-order valence-electron chi connectivity index (χ2n) is 8.88. The van der Waals surface area contributed by atoms with Gasteiger partial charge in [-0.1, -0.05) is 38.5 Å². The largest absolute Gasteiger partial charge is 0.375 e. The highest BCUT2D eigenvalue weighted by molar-refractivity contribution is 5.94. The Morgan fingerprint density at radius 2 is 1.84 bits per heavy atom. The van der Waals surface area contributed by atoms with Gasteiger partial charge in [-0.25, -0.2) is 0 Å². The van der Waals surface area contributed by atoms with Crippen LogP contribution in [-0.4, -0.2) is 67.0 Å². The summed E-state index contributed by atoms with van der Waals surface area (Å²) < 4.78 is 5.22. The molecule has 2 aliphatic heterocycles. The molecule has 0 N–H and O–H groups in total. The second kappa shape index (κ2) is 11.6. The number of carbonyl (C=O) groups excluding carboxylic acids is 2. The van der Waals surface area contributed by atoms with Crippen LogP contribution >= 0.6 is 0 Å². The lowest BCUT2D eigenvalue weighted by atomic mass is 9.92. The molecule has 0 saturated carbocycles. The van der Waals surface area contributed by atoms with Gasteiger partial charge in [0.15, 0.2) is 0 Å². The number of rotatable bonds is 6. The van der Waals surface area contributed by atoms with Gasteiger partial charge < -0.3 is 14.5 Å². The van der Waals surface area contributed by atoms with Crippen molar-refractivity contribution in [1.82, 2.24) is 9.80 Å². The average molecular weight is 430 g/mol. The molecular weight excluding hydrogens is 390 g/mol. The maximum atomic E-state index is 13.1. The fourth-order valence-corrected chi connectivity index (χ4v) is 5.15. The number of hydrogen-bond donors (Lipinski definition) is 0. The number of carbonyl (C=O) groups is 2. The lowest BCUT2D eigenvalue weighted by Crippen LogP contribution is -2.55. The summed E-state index contributed by atoms with van der Waals surface area (Å²) in [6.07, 6.45) is 6.71. The third kappa shape index (κ3) is 5.86. The average Bonchev–Trinajstić information content (AvgIpc) is 2.79. The monoisotopic (exact) mass is 429 g/mol. The lowest BCUT2D eigenvalue weighted by molar-refractivity contribution is -0.143. The number of piperidine rings is 1. The molecule has 0 radical (unpaired) electrons. The molecule has 0 aromatic heterocycles. The number of anilines is 1. The minimum atomic E-state index is 0.0813. The standard InChI is InChI=1S/C25H39N3O3/c1-4-6-15-26-17-20-10-7-8-13-23(20)27(24(29)5-2)16-14-21-11-9-12-22(18-26)28(21)25(30)19-31-3/h7-8,10,13,21-22H,4-6,9,11-12,14-19H2,1-3H3. The van der Waals surface area contributed by atoms with E-state index in [1.54, 1.807) is 7.11 Å². The van der Waals surface area contributed by atoms with Crippen molar-refractivity contribution >= 4 is 17.5 Å². The summed E-state index contributed by atoms with van der Waals surface area (Å²) in [6.45, 7) is 7.59. The smallest absolute Gasteiger partial charge is 0.249 e. The van der Waals surface area contributed by atoms with Crippen LogP contribution in [0.5, 0.6) is 0 Å². The van der Waals surface area contributed by atoms with E-state index in [4.69, 9.17) is 4.74 Å². The third-order valence-corrected chi connectivity index (χ3v) is 6.68. The molecule has 1 aromatic rings. The molecule has 3 rings (SSSR count). The van der Waals surface area contributed by atoms with E-state index in [1.165, 1.54) is 5.56 Å². The number of ether oxygens (including phenoxy) is 1. The third-order valence-electron chi connectivity index (χ3n) is 6.68. The van der Waals surface area contributed by atoms with Crippen LogP contribution in [0, 0.1) is 0 Å². The number of para-hydroxylation sites is 1. The van der Waals surface area contributed by atoms with Crippen LogP contribution in [0.3, 0.4) is 0 Å². The Labute approximate surface area is 187 Å². The van der Waals surface area contributed by atoms with Crippen molar-refractivity contribution in [2.24, 2.45) is 0 Å². The van der Waals surface area contributed by atoms with Gasteiger partial charge in [-0.05, 0) is 50.3 Å². The van der Waals surface area contributed by atoms with Gasteiger partial charge in [-0.3, -0.25) is 14.5 Å².